The molecule has 0 unspecified atom stereocenters. The van der Waals surface area contributed by atoms with Gasteiger partial charge in [0.2, 0.25) is 5.91 Å². The number of carbonyl (C=O) groups excluding carboxylic acids is 2. The third-order valence-electron chi connectivity index (χ3n) is 1.80. The highest BCUT2D eigenvalue weighted by Crippen LogP contribution is 2.13. The maximum absolute atomic E-state index is 11.6. The van der Waals surface area contributed by atoms with Crippen molar-refractivity contribution in [3.63, 3.8) is 0 Å². The minimum atomic E-state index is -0.869. The molecule has 0 bridgehead atoms. The highest BCUT2D eigenvalue weighted by molar-refractivity contribution is 9.10. The van der Waals surface area contributed by atoms with E-state index in [-0.39, 0.29) is 12.0 Å². The van der Waals surface area contributed by atoms with Crippen molar-refractivity contribution in [1.82, 2.24) is 5.32 Å². The van der Waals surface area contributed by atoms with Gasteiger partial charge in [0.15, 0.2) is 4.67 Å². The van der Waals surface area contributed by atoms with Crippen molar-refractivity contribution in [1.29, 1.82) is 0 Å². The molecule has 0 fully saturated rings. The van der Waals surface area contributed by atoms with Gasteiger partial charge in [-0.05, 0) is 15.9 Å². The number of terminal acetylenes is 1. The Labute approximate surface area is 100 Å². The van der Waals surface area contributed by atoms with Gasteiger partial charge in [-0.2, -0.15) is 0 Å². The van der Waals surface area contributed by atoms with Crippen LogP contribution in [0.2, 0.25) is 0 Å². The number of hydrogen-bond acceptors (Lipinski definition) is 3. The molecule has 1 aromatic rings. The van der Waals surface area contributed by atoms with Gasteiger partial charge in [-0.1, -0.05) is 0 Å². The molecule has 0 radical (unpaired) electrons. The molecule has 1 heterocycles. The summed E-state index contributed by atoms with van der Waals surface area (Å²) in [5.74, 6) is 1.13. The van der Waals surface area contributed by atoms with Crippen LogP contribution in [0.1, 0.15) is 16.8 Å². The van der Waals surface area contributed by atoms with E-state index in [4.69, 9.17) is 16.6 Å². The van der Waals surface area contributed by atoms with Crippen LogP contribution in [-0.4, -0.2) is 17.9 Å². The quantitative estimate of drug-likeness (QED) is 0.796. The Morgan fingerprint density at radius 3 is 2.81 bits per heavy atom. The summed E-state index contributed by atoms with van der Waals surface area (Å²) in [5.41, 5.74) is 5.36. The highest BCUT2D eigenvalue weighted by Gasteiger charge is 2.18. The number of rotatable bonds is 4. The van der Waals surface area contributed by atoms with Crippen LogP contribution in [0.3, 0.4) is 0 Å². The number of carbonyl (C=O) groups is 2. The van der Waals surface area contributed by atoms with Gasteiger partial charge in [0.25, 0.3) is 5.91 Å². The van der Waals surface area contributed by atoms with E-state index in [9.17, 15) is 9.59 Å². The first-order chi connectivity index (χ1) is 7.54. The normalized spacial score (nSPS) is 11.5. The number of furan rings is 1. The fourth-order valence-electron chi connectivity index (χ4n) is 1.01. The van der Waals surface area contributed by atoms with Crippen molar-refractivity contribution in [2.75, 3.05) is 0 Å². The molecule has 6 heteroatoms. The SMILES string of the molecule is C#CC[C@@H](NC(=O)c1coc(Br)c1)C(N)=O. The second kappa shape index (κ2) is 5.37. The minimum absolute atomic E-state index is 0.0556. The number of nitrogens with two attached hydrogens (primary N) is 1. The molecular weight excluding hydrogens is 276 g/mol. The van der Waals surface area contributed by atoms with Gasteiger partial charge < -0.3 is 15.5 Å². The molecule has 0 aliphatic heterocycles. The zero-order chi connectivity index (χ0) is 12.1. The molecule has 0 saturated heterocycles. The van der Waals surface area contributed by atoms with Crippen molar-refractivity contribution in [2.45, 2.75) is 12.5 Å². The molecule has 0 aromatic carbocycles. The van der Waals surface area contributed by atoms with Crippen molar-refractivity contribution >= 4 is 27.7 Å². The lowest BCUT2D eigenvalue weighted by Gasteiger charge is -2.11. The Hall–Kier alpha value is -1.74. The Morgan fingerprint density at radius 2 is 2.38 bits per heavy atom. The lowest BCUT2D eigenvalue weighted by atomic mass is 10.2. The molecule has 84 valence electrons. The van der Waals surface area contributed by atoms with Gasteiger partial charge >= 0.3 is 0 Å². The van der Waals surface area contributed by atoms with E-state index >= 15 is 0 Å². The smallest absolute Gasteiger partial charge is 0.255 e. The van der Waals surface area contributed by atoms with Crippen LogP contribution >= 0.6 is 15.9 Å². The van der Waals surface area contributed by atoms with Gasteiger partial charge in [-0.25, -0.2) is 0 Å². The Balaban J connectivity index is 2.69. The van der Waals surface area contributed by atoms with E-state index < -0.39 is 17.9 Å². The van der Waals surface area contributed by atoms with E-state index in [1.165, 1.54) is 12.3 Å². The number of amides is 2. The standard InChI is InChI=1S/C10H9BrN2O3/c1-2-3-7(9(12)14)13-10(15)6-4-8(11)16-5-6/h1,4-5,7H,3H2,(H2,12,14)(H,13,15)/t7-/m1/s1. The van der Waals surface area contributed by atoms with Crippen molar-refractivity contribution in [3.05, 3.63) is 22.6 Å². The van der Waals surface area contributed by atoms with E-state index in [0.29, 0.717) is 4.67 Å². The van der Waals surface area contributed by atoms with Crippen molar-refractivity contribution in [2.24, 2.45) is 5.73 Å². The molecule has 0 aliphatic carbocycles. The van der Waals surface area contributed by atoms with Crippen LogP contribution in [-0.2, 0) is 4.79 Å². The summed E-state index contributed by atoms with van der Waals surface area (Å²) < 4.78 is 5.31. The summed E-state index contributed by atoms with van der Waals surface area (Å²) in [6.07, 6.45) is 6.36. The second-order valence-corrected chi connectivity index (χ2v) is 3.76. The predicted molar refractivity (Wildman–Crippen MR) is 60.3 cm³/mol. The maximum Gasteiger partial charge on any atom is 0.255 e. The van der Waals surface area contributed by atoms with E-state index in [2.05, 4.69) is 27.2 Å². The van der Waals surface area contributed by atoms with E-state index in [0.717, 1.165) is 0 Å². The monoisotopic (exact) mass is 284 g/mol. The van der Waals surface area contributed by atoms with Crippen LogP contribution in [0.15, 0.2) is 21.4 Å². The van der Waals surface area contributed by atoms with Gasteiger partial charge in [-0.3, -0.25) is 9.59 Å². The van der Waals surface area contributed by atoms with E-state index in [1.54, 1.807) is 0 Å². The summed E-state index contributed by atoms with van der Waals surface area (Å²) in [7, 11) is 0. The molecule has 1 aromatic heterocycles. The first-order valence-corrected chi connectivity index (χ1v) is 5.11. The lowest BCUT2D eigenvalue weighted by molar-refractivity contribution is -0.119. The van der Waals surface area contributed by atoms with E-state index in [1.807, 2.05) is 0 Å². The molecule has 16 heavy (non-hydrogen) atoms. The first kappa shape index (κ1) is 12.3. The summed E-state index contributed by atoms with van der Waals surface area (Å²) in [6.45, 7) is 0. The predicted octanol–water partition coefficient (Wildman–Crippen LogP) is 0.649. The lowest BCUT2D eigenvalue weighted by Crippen LogP contribution is -2.44. The third kappa shape index (κ3) is 3.14. The fourth-order valence-corrected chi connectivity index (χ4v) is 1.35. The molecule has 0 spiro atoms. The topological polar surface area (TPSA) is 85.3 Å². The van der Waals surface area contributed by atoms with Crippen LogP contribution in [0.25, 0.3) is 0 Å². The fraction of sp³-hybridized carbons (Fsp3) is 0.200. The number of nitrogens with one attached hydrogen (secondary N) is 1. The van der Waals surface area contributed by atoms with Gasteiger partial charge in [0, 0.05) is 12.5 Å². The molecule has 1 rings (SSSR count). The number of halogens is 1. The molecule has 2 amide bonds. The maximum atomic E-state index is 11.6. The number of hydrogen-bond donors (Lipinski definition) is 2. The molecule has 0 aliphatic rings. The summed E-state index contributed by atoms with van der Waals surface area (Å²) in [4.78, 5) is 22.5. The van der Waals surface area contributed by atoms with Crippen molar-refractivity contribution < 1.29 is 14.0 Å². The largest absolute Gasteiger partial charge is 0.457 e. The molecular formula is C10H9BrN2O3. The zero-order valence-corrected chi connectivity index (χ0v) is 9.78. The molecule has 5 nitrogen and oxygen atoms in total. The average Bonchev–Trinajstić information content (AvgIpc) is 2.64. The van der Waals surface area contributed by atoms with Crippen LogP contribution in [0.5, 0.6) is 0 Å². The van der Waals surface area contributed by atoms with Gasteiger partial charge in [0.1, 0.15) is 12.3 Å². The Kier molecular flexibility index (Phi) is 4.14. The van der Waals surface area contributed by atoms with Crippen LogP contribution in [0.4, 0.5) is 0 Å². The molecule has 0 saturated carbocycles. The third-order valence-corrected chi connectivity index (χ3v) is 2.22. The summed E-state index contributed by atoms with van der Waals surface area (Å²) >= 11 is 3.06. The molecule has 3 N–H and O–H groups in total. The highest BCUT2D eigenvalue weighted by atomic mass is 79.9. The van der Waals surface area contributed by atoms with Crippen molar-refractivity contribution in [3.8, 4) is 12.3 Å². The van der Waals surface area contributed by atoms with Crippen LogP contribution in [0, 0.1) is 12.3 Å². The zero-order valence-electron chi connectivity index (χ0n) is 8.20. The summed E-state index contributed by atoms with van der Waals surface area (Å²) in [6, 6.07) is 0.606. The Bertz CT molecular complexity index is 447. The average molecular weight is 285 g/mol. The van der Waals surface area contributed by atoms with Gasteiger partial charge in [-0.15, -0.1) is 12.3 Å². The van der Waals surface area contributed by atoms with Crippen LogP contribution < -0.4 is 11.1 Å². The first-order valence-electron chi connectivity index (χ1n) is 4.32. The molecule has 1 atom stereocenters. The van der Waals surface area contributed by atoms with Gasteiger partial charge in [0.05, 0.1) is 5.56 Å². The Morgan fingerprint density at radius 1 is 1.69 bits per heavy atom. The summed E-state index contributed by atoms with van der Waals surface area (Å²) in [5, 5.41) is 2.41. The number of primary amides is 1. The second-order valence-electron chi connectivity index (χ2n) is 2.98. The minimum Gasteiger partial charge on any atom is -0.457 e.